The monoisotopic (exact) mass is 523 g/mol. The molecule has 0 aromatic rings. The number of aliphatic hydroxyl groups excluding tert-OH is 1. The van der Waals surface area contributed by atoms with Crippen molar-refractivity contribution in [3.8, 4) is 0 Å². The van der Waals surface area contributed by atoms with Crippen LogP contribution in [0.15, 0.2) is 0 Å². The smallest absolute Gasteiger partial charge is 0.315 e. The lowest BCUT2D eigenvalue weighted by Gasteiger charge is -2.37. The van der Waals surface area contributed by atoms with E-state index < -0.39 is 53.0 Å². The van der Waals surface area contributed by atoms with E-state index in [0.29, 0.717) is 25.3 Å². The molecule has 1 saturated heterocycles. The van der Waals surface area contributed by atoms with E-state index in [1.54, 1.807) is 4.90 Å². The minimum Gasteiger partial charge on any atom is -0.381 e. The Balaban J connectivity index is 2.28. The number of hydrogen-bond acceptors (Lipinski definition) is 5. The zero-order valence-electron chi connectivity index (χ0n) is 23.9. The lowest BCUT2D eigenvalue weighted by Crippen LogP contribution is -2.61. The van der Waals surface area contributed by atoms with Crippen LogP contribution in [0.25, 0.3) is 0 Å². The topological polar surface area (TPSA) is 154 Å². The van der Waals surface area contributed by atoms with E-state index >= 15 is 0 Å². The molecule has 0 spiro atoms. The number of nitrogens with one attached hydrogen (secondary N) is 3. The summed E-state index contributed by atoms with van der Waals surface area (Å²) in [6, 6.07) is -2.90. The van der Waals surface area contributed by atoms with Crippen molar-refractivity contribution in [2.75, 3.05) is 6.54 Å². The third kappa shape index (κ3) is 8.58. The summed E-state index contributed by atoms with van der Waals surface area (Å²) in [5.41, 5.74) is 4.27. The fourth-order valence-corrected chi connectivity index (χ4v) is 5.00. The van der Waals surface area contributed by atoms with Gasteiger partial charge in [0.1, 0.15) is 12.1 Å². The van der Waals surface area contributed by atoms with Crippen molar-refractivity contribution >= 4 is 23.8 Å². The van der Waals surface area contributed by atoms with Gasteiger partial charge >= 0.3 is 6.03 Å². The number of rotatable bonds is 9. The maximum absolute atomic E-state index is 13.9. The number of hydrogen-bond donors (Lipinski definition) is 5. The highest BCUT2D eigenvalue weighted by Gasteiger charge is 2.46. The fraction of sp³-hybridized carbons (Fsp3) is 0.852. The fourth-order valence-electron chi connectivity index (χ4n) is 5.00. The molecule has 0 aromatic heterocycles. The van der Waals surface area contributed by atoms with E-state index in [-0.39, 0.29) is 17.7 Å². The molecule has 0 bridgehead atoms. The first kappa shape index (κ1) is 30.9. The summed E-state index contributed by atoms with van der Waals surface area (Å²) in [6.45, 7) is 15.7. The van der Waals surface area contributed by atoms with E-state index in [0.717, 1.165) is 19.3 Å². The maximum Gasteiger partial charge on any atom is 0.315 e. The highest BCUT2D eigenvalue weighted by atomic mass is 16.3. The molecule has 10 heteroatoms. The van der Waals surface area contributed by atoms with Crippen molar-refractivity contribution in [3.63, 3.8) is 0 Å². The van der Waals surface area contributed by atoms with E-state index in [2.05, 4.69) is 29.8 Å². The molecule has 2 rings (SSSR count). The minimum atomic E-state index is -1.50. The van der Waals surface area contributed by atoms with Crippen LogP contribution >= 0.6 is 0 Å². The van der Waals surface area contributed by atoms with Gasteiger partial charge in [-0.05, 0) is 56.8 Å². The van der Waals surface area contributed by atoms with Gasteiger partial charge in [-0.15, -0.1) is 0 Å². The summed E-state index contributed by atoms with van der Waals surface area (Å²) in [6.07, 6.45) is 2.48. The molecule has 1 saturated carbocycles. The molecule has 1 heterocycles. The van der Waals surface area contributed by atoms with Gasteiger partial charge in [-0.2, -0.15) is 0 Å². The molecule has 0 aromatic carbocycles. The Bertz CT molecular complexity index is 843. The number of urea groups is 1. The standard InChI is InChI=1S/C27H49N5O5/c1-15(2)17-13-19(23(35)29-18(20(33)22(28)34)12-16-10-9-11-16)32(14-17)24(36)21(26(3,4)5)30-25(37)31-27(6,7)8/h15-21,33H,9-14H2,1-8H3,(H2,28,34)(H,29,35)(H2,30,31,37)/t17-,18?,19+,20?,21-/m1/s1. The van der Waals surface area contributed by atoms with Gasteiger partial charge in [0, 0.05) is 12.1 Å². The van der Waals surface area contributed by atoms with Crippen LogP contribution in [-0.2, 0) is 14.4 Å². The van der Waals surface area contributed by atoms with Crippen molar-refractivity contribution in [3.05, 3.63) is 0 Å². The van der Waals surface area contributed by atoms with Crippen molar-refractivity contribution < 1.29 is 24.3 Å². The number of amides is 5. The predicted octanol–water partition coefficient (Wildman–Crippen LogP) is 1.89. The summed E-state index contributed by atoms with van der Waals surface area (Å²) in [7, 11) is 0. The molecule has 1 aliphatic heterocycles. The molecule has 5 amide bonds. The average Bonchev–Trinajstić information content (AvgIpc) is 3.16. The van der Waals surface area contributed by atoms with Gasteiger partial charge in [0.15, 0.2) is 6.10 Å². The molecule has 2 aliphatic rings. The first-order valence-corrected chi connectivity index (χ1v) is 13.6. The molecule has 2 unspecified atom stereocenters. The van der Waals surface area contributed by atoms with Crippen LogP contribution in [0.1, 0.15) is 87.5 Å². The molecule has 10 nitrogen and oxygen atoms in total. The van der Waals surface area contributed by atoms with E-state index in [9.17, 15) is 24.3 Å². The lowest BCUT2D eigenvalue weighted by atomic mass is 9.79. The zero-order chi connectivity index (χ0) is 28.3. The van der Waals surface area contributed by atoms with Gasteiger partial charge in [0.25, 0.3) is 0 Å². The molecule has 212 valence electrons. The molecule has 5 atom stereocenters. The highest BCUT2D eigenvalue weighted by molar-refractivity contribution is 5.93. The van der Waals surface area contributed by atoms with E-state index in [1.807, 2.05) is 41.5 Å². The number of carbonyl (C=O) groups is 4. The first-order valence-electron chi connectivity index (χ1n) is 13.6. The summed E-state index contributed by atoms with van der Waals surface area (Å²) >= 11 is 0. The van der Waals surface area contributed by atoms with Crippen LogP contribution < -0.4 is 21.7 Å². The minimum absolute atomic E-state index is 0.0925. The Morgan fingerprint density at radius 2 is 1.62 bits per heavy atom. The normalized spacial score (nSPS) is 23.1. The van der Waals surface area contributed by atoms with Crippen molar-refractivity contribution in [2.45, 2.75) is 117 Å². The molecule has 2 fully saturated rings. The van der Waals surface area contributed by atoms with Gasteiger partial charge < -0.3 is 31.7 Å². The predicted molar refractivity (Wildman–Crippen MR) is 142 cm³/mol. The maximum atomic E-state index is 13.9. The summed E-state index contributed by atoms with van der Waals surface area (Å²) in [4.78, 5) is 53.5. The van der Waals surface area contributed by atoms with Crippen molar-refractivity contribution in [1.29, 1.82) is 0 Å². The molecular weight excluding hydrogens is 474 g/mol. The summed E-state index contributed by atoms with van der Waals surface area (Å²) in [5.74, 6) is -0.973. The van der Waals surface area contributed by atoms with Gasteiger partial charge in [-0.3, -0.25) is 14.4 Å². The number of aliphatic hydroxyl groups is 1. The van der Waals surface area contributed by atoms with Crippen molar-refractivity contribution in [2.24, 2.45) is 28.9 Å². The van der Waals surface area contributed by atoms with Crippen LogP contribution in [0.3, 0.4) is 0 Å². The number of nitrogens with two attached hydrogens (primary N) is 1. The van der Waals surface area contributed by atoms with Crippen LogP contribution in [0, 0.1) is 23.2 Å². The second-order valence-electron chi connectivity index (χ2n) is 13.4. The Morgan fingerprint density at radius 3 is 2.05 bits per heavy atom. The number of carbonyl (C=O) groups excluding carboxylic acids is 4. The Kier molecular flexibility index (Phi) is 10.0. The molecule has 37 heavy (non-hydrogen) atoms. The highest BCUT2D eigenvalue weighted by Crippen LogP contribution is 2.34. The summed E-state index contributed by atoms with van der Waals surface area (Å²) in [5, 5.41) is 18.9. The molecular formula is C27H49N5O5. The lowest BCUT2D eigenvalue weighted by molar-refractivity contribution is -0.143. The van der Waals surface area contributed by atoms with E-state index in [1.165, 1.54) is 0 Å². The Morgan fingerprint density at radius 1 is 1.03 bits per heavy atom. The Labute approximate surface area is 221 Å². The van der Waals surface area contributed by atoms with Crippen LogP contribution in [0.5, 0.6) is 0 Å². The average molecular weight is 524 g/mol. The quantitative estimate of drug-likeness (QED) is 0.312. The van der Waals surface area contributed by atoms with Gasteiger partial charge in [0.2, 0.25) is 17.7 Å². The first-order chi connectivity index (χ1) is 16.9. The van der Waals surface area contributed by atoms with Gasteiger partial charge in [0.05, 0.1) is 6.04 Å². The van der Waals surface area contributed by atoms with Gasteiger partial charge in [-0.25, -0.2) is 4.79 Å². The molecule has 6 N–H and O–H groups in total. The van der Waals surface area contributed by atoms with Crippen LogP contribution in [-0.4, -0.2) is 70.1 Å². The second-order valence-corrected chi connectivity index (χ2v) is 13.4. The van der Waals surface area contributed by atoms with E-state index in [4.69, 9.17) is 5.73 Å². The van der Waals surface area contributed by atoms with Crippen LogP contribution in [0.2, 0.25) is 0 Å². The third-order valence-corrected chi connectivity index (χ3v) is 7.55. The number of nitrogens with zero attached hydrogens (tertiary/aromatic N) is 1. The largest absolute Gasteiger partial charge is 0.381 e. The van der Waals surface area contributed by atoms with Crippen molar-refractivity contribution in [1.82, 2.24) is 20.9 Å². The van der Waals surface area contributed by atoms with Gasteiger partial charge in [-0.1, -0.05) is 53.9 Å². The molecule has 0 radical (unpaired) electrons. The zero-order valence-corrected chi connectivity index (χ0v) is 23.9. The van der Waals surface area contributed by atoms with Crippen LogP contribution in [0.4, 0.5) is 4.79 Å². The SMILES string of the molecule is CC(C)[C@@H]1C[C@@H](C(=O)NC(CC2CCC2)C(O)C(N)=O)N(C(=O)[C@@H](NC(=O)NC(C)(C)C)C(C)(C)C)C1. The second kappa shape index (κ2) is 12.0. The number of likely N-dealkylation sites (tertiary alicyclic amines) is 1. The Hall–Kier alpha value is -2.36. The third-order valence-electron chi connectivity index (χ3n) is 7.55. The molecule has 1 aliphatic carbocycles. The summed E-state index contributed by atoms with van der Waals surface area (Å²) < 4.78 is 0. The number of primary amides is 1.